The summed E-state index contributed by atoms with van der Waals surface area (Å²) in [6.07, 6.45) is 4.93. The van der Waals surface area contributed by atoms with Crippen LogP contribution in [-0.4, -0.2) is 84.2 Å². The number of ether oxygens (including phenoxy) is 2. The number of carboxylic acid groups (broad SMARTS) is 1. The number of para-hydroxylation sites is 1. The molecule has 3 amide bonds. The van der Waals surface area contributed by atoms with Gasteiger partial charge in [0.1, 0.15) is 11.4 Å². The van der Waals surface area contributed by atoms with E-state index in [4.69, 9.17) is 9.47 Å². The Bertz CT molecular complexity index is 1050. The minimum atomic E-state index is -0.947. The summed E-state index contributed by atoms with van der Waals surface area (Å²) in [5.74, 6) is -1.04. The van der Waals surface area contributed by atoms with Gasteiger partial charge in [-0.1, -0.05) is 18.2 Å². The van der Waals surface area contributed by atoms with Crippen molar-refractivity contribution >= 4 is 23.9 Å². The van der Waals surface area contributed by atoms with Crippen molar-refractivity contribution in [3.05, 3.63) is 29.8 Å². The number of carboxylic acids is 1. The zero-order chi connectivity index (χ0) is 30.0. The number of piperidine rings is 2. The molecule has 2 heterocycles. The van der Waals surface area contributed by atoms with Crippen molar-refractivity contribution in [3.8, 4) is 5.75 Å². The van der Waals surface area contributed by atoms with E-state index in [1.54, 1.807) is 16.9 Å². The van der Waals surface area contributed by atoms with Crippen LogP contribution in [0, 0.1) is 17.8 Å². The van der Waals surface area contributed by atoms with Crippen LogP contribution in [0.5, 0.6) is 5.75 Å². The molecular formula is C31H47N3O7. The summed E-state index contributed by atoms with van der Waals surface area (Å²) in [5.41, 5.74) is 0.418. The highest BCUT2D eigenvalue weighted by Gasteiger charge is 2.31. The van der Waals surface area contributed by atoms with E-state index in [9.17, 15) is 24.3 Å². The number of hydrogen-bond donors (Lipinski definition) is 2. The molecule has 0 aliphatic carbocycles. The third-order valence-electron chi connectivity index (χ3n) is 8.00. The summed E-state index contributed by atoms with van der Waals surface area (Å²) >= 11 is 0. The zero-order valence-corrected chi connectivity index (χ0v) is 25.0. The van der Waals surface area contributed by atoms with E-state index in [1.165, 1.54) is 0 Å². The fourth-order valence-electron chi connectivity index (χ4n) is 5.55. The number of methoxy groups -OCH3 is 1. The Morgan fingerprint density at radius 3 is 2.41 bits per heavy atom. The molecule has 0 radical (unpaired) electrons. The van der Waals surface area contributed by atoms with Gasteiger partial charge in [0.2, 0.25) is 11.8 Å². The lowest BCUT2D eigenvalue weighted by Gasteiger charge is -2.34. The Morgan fingerprint density at radius 1 is 1.05 bits per heavy atom. The maximum absolute atomic E-state index is 13.0. The first-order valence-electron chi connectivity index (χ1n) is 14.8. The molecule has 2 aliphatic heterocycles. The minimum absolute atomic E-state index is 0.0513. The second-order valence-electron chi connectivity index (χ2n) is 12.3. The number of nitrogens with zero attached hydrogens (tertiary/aromatic N) is 2. The first kappa shape index (κ1) is 32.2. The third kappa shape index (κ3) is 10.2. The van der Waals surface area contributed by atoms with E-state index in [1.807, 2.05) is 45.0 Å². The number of hydrogen-bond acceptors (Lipinski definition) is 6. The van der Waals surface area contributed by atoms with Gasteiger partial charge < -0.3 is 29.7 Å². The third-order valence-corrected chi connectivity index (χ3v) is 8.00. The molecule has 0 unspecified atom stereocenters. The number of aliphatic carboxylic acids is 1. The van der Waals surface area contributed by atoms with Crippen molar-refractivity contribution < 1.29 is 33.8 Å². The van der Waals surface area contributed by atoms with Crippen molar-refractivity contribution in [3.63, 3.8) is 0 Å². The number of carbonyl (C=O) groups is 4. The summed E-state index contributed by atoms with van der Waals surface area (Å²) in [5, 5.41) is 12.5. The number of nitrogens with one attached hydrogen (secondary N) is 1. The lowest BCUT2D eigenvalue weighted by atomic mass is 9.91. The first-order valence-corrected chi connectivity index (χ1v) is 14.8. The summed E-state index contributed by atoms with van der Waals surface area (Å²) in [7, 11) is 1.59. The second kappa shape index (κ2) is 15.1. The first-order chi connectivity index (χ1) is 19.5. The second-order valence-corrected chi connectivity index (χ2v) is 12.3. The predicted octanol–water partition coefficient (Wildman–Crippen LogP) is 4.11. The fourth-order valence-corrected chi connectivity index (χ4v) is 5.55. The number of benzene rings is 1. The number of aryl methyl sites for hydroxylation is 1. The molecule has 228 valence electrons. The Kier molecular flexibility index (Phi) is 11.8. The molecule has 3 rings (SSSR count). The molecule has 2 N–H and O–H groups in total. The molecule has 2 atom stereocenters. The molecule has 2 aliphatic rings. The van der Waals surface area contributed by atoms with Gasteiger partial charge in [0, 0.05) is 39.1 Å². The summed E-state index contributed by atoms with van der Waals surface area (Å²) < 4.78 is 10.8. The molecule has 2 fully saturated rings. The highest BCUT2D eigenvalue weighted by atomic mass is 16.6. The SMILES string of the molecule is COc1ccccc1CC[C@H](CNC(=O)[C@@H]1CCCN(C(=O)CCC2CCN(C(=O)OC(C)(C)C)CC2)C1)C(=O)O. The van der Waals surface area contributed by atoms with Gasteiger partial charge in [-0.25, -0.2) is 4.79 Å². The quantitative estimate of drug-likeness (QED) is 0.408. The molecule has 1 aromatic carbocycles. The predicted molar refractivity (Wildman–Crippen MR) is 155 cm³/mol. The molecule has 0 aromatic heterocycles. The normalized spacial score (nSPS) is 18.9. The summed E-state index contributed by atoms with van der Waals surface area (Å²) in [6, 6.07) is 7.52. The van der Waals surface area contributed by atoms with Crippen LogP contribution in [0.4, 0.5) is 4.79 Å². The van der Waals surface area contributed by atoms with E-state index in [0.717, 1.165) is 37.0 Å². The van der Waals surface area contributed by atoms with Crippen LogP contribution < -0.4 is 10.1 Å². The van der Waals surface area contributed by atoms with Crippen molar-refractivity contribution in [1.29, 1.82) is 0 Å². The van der Waals surface area contributed by atoms with E-state index < -0.39 is 17.5 Å². The number of carbonyl (C=O) groups excluding carboxylic acids is 3. The topological polar surface area (TPSA) is 125 Å². The van der Waals surface area contributed by atoms with E-state index >= 15 is 0 Å². The molecule has 10 heteroatoms. The van der Waals surface area contributed by atoms with Crippen LogP contribution in [0.3, 0.4) is 0 Å². The van der Waals surface area contributed by atoms with Crippen molar-refractivity contribution in [2.24, 2.45) is 17.8 Å². The van der Waals surface area contributed by atoms with Crippen molar-refractivity contribution in [1.82, 2.24) is 15.1 Å². The monoisotopic (exact) mass is 573 g/mol. The Hall–Kier alpha value is -3.30. The maximum atomic E-state index is 13.0. The van der Waals surface area contributed by atoms with Crippen molar-refractivity contribution in [2.75, 3.05) is 39.8 Å². The van der Waals surface area contributed by atoms with Gasteiger partial charge >= 0.3 is 12.1 Å². The van der Waals surface area contributed by atoms with E-state index in [2.05, 4.69) is 5.32 Å². The van der Waals surface area contributed by atoms with Crippen LogP contribution in [0.15, 0.2) is 24.3 Å². The van der Waals surface area contributed by atoms with E-state index in [0.29, 0.717) is 57.8 Å². The smallest absolute Gasteiger partial charge is 0.410 e. The molecule has 0 saturated carbocycles. The van der Waals surface area contributed by atoms with Gasteiger partial charge in [-0.3, -0.25) is 14.4 Å². The van der Waals surface area contributed by atoms with Gasteiger partial charge in [-0.2, -0.15) is 0 Å². The Morgan fingerprint density at radius 2 is 1.76 bits per heavy atom. The molecule has 41 heavy (non-hydrogen) atoms. The molecule has 10 nitrogen and oxygen atoms in total. The molecule has 0 bridgehead atoms. The summed E-state index contributed by atoms with van der Waals surface area (Å²) in [4.78, 5) is 53.6. The summed E-state index contributed by atoms with van der Waals surface area (Å²) in [6.45, 7) is 7.89. The molecular weight excluding hydrogens is 526 g/mol. The highest BCUT2D eigenvalue weighted by molar-refractivity contribution is 5.82. The average molecular weight is 574 g/mol. The fraction of sp³-hybridized carbons (Fsp3) is 0.677. The number of likely N-dealkylation sites (tertiary alicyclic amines) is 2. The average Bonchev–Trinajstić information content (AvgIpc) is 2.95. The molecule has 1 aromatic rings. The van der Waals surface area contributed by atoms with Crippen LogP contribution in [0.1, 0.15) is 71.3 Å². The van der Waals surface area contributed by atoms with Gasteiger partial charge in [0.15, 0.2) is 0 Å². The largest absolute Gasteiger partial charge is 0.496 e. The van der Waals surface area contributed by atoms with Crippen LogP contribution >= 0.6 is 0 Å². The Balaban J connectivity index is 1.40. The van der Waals surface area contributed by atoms with Gasteiger partial charge in [-0.15, -0.1) is 0 Å². The number of rotatable bonds is 11. The van der Waals surface area contributed by atoms with Gasteiger partial charge in [0.25, 0.3) is 0 Å². The molecule has 2 saturated heterocycles. The Labute approximate surface area is 243 Å². The molecule has 0 spiro atoms. The van der Waals surface area contributed by atoms with Crippen molar-refractivity contribution in [2.45, 2.75) is 77.7 Å². The standard InChI is InChI=1S/C31H47N3O7/c1-31(2,3)41-30(39)33-18-15-22(16-19-33)11-14-27(35)34-17-7-9-25(21-34)28(36)32-20-24(29(37)38)13-12-23-8-5-6-10-26(23)40-4/h5-6,8,10,22,24-25H,7,9,11-21H2,1-4H3,(H,32,36)(H,37,38)/t24-,25-/m1/s1. The number of amides is 3. The lowest BCUT2D eigenvalue weighted by molar-refractivity contribution is -0.142. The van der Waals surface area contributed by atoms with Crippen LogP contribution in [0.25, 0.3) is 0 Å². The van der Waals surface area contributed by atoms with Gasteiger partial charge in [0.05, 0.1) is 18.9 Å². The van der Waals surface area contributed by atoms with Crippen LogP contribution in [-0.2, 0) is 25.5 Å². The van der Waals surface area contributed by atoms with Gasteiger partial charge in [-0.05, 0) is 83.3 Å². The van der Waals surface area contributed by atoms with E-state index in [-0.39, 0.29) is 30.4 Å². The highest BCUT2D eigenvalue weighted by Crippen LogP contribution is 2.25. The van der Waals surface area contributed by atoms with Crippen LogP contribution in [0.2, 0.25) is 0 Å². The maximum Gasteiger partial charge on any atom is 0.410 e. The minimum Gasteiger partial charge on any atom is -0.496 e. The lowest BCUT2D eigenvalue weighted by Crippen LogP contribution is -2.46. The zero-order valence-electron chi connectivity index (χ0n) is 25.0.